The predicted molar refractivity (Wildman–Crippen MR) is 67.9 cm³/mol. The fraction of sp³-hybridized carbons (Fsp3) is 0.0769. The van der Waals surface area contributed by atoms with E-state index in [0.29, 0.717) is 0 Å². The normalized spacial score (nSPS) is 10.1. The second-order valence-corrected chi connectivity index (χ2v) is 3.54. The molecule has 3 heteroatoms. The molecule has 16 heavy (non-hydrogen) atoms. The summed E-state index contributed by atoms with van der Waals surface area (Å²) in [5.41, 5.74) is 4.02. The molecule has 3 nitrogen and oxygen atoms in total. The van der Waals surface area contributed by atoms with Crippen LogP contribution in [0.1, 0.15) is 5.56 Å². The van der Waals surface area contributed by atoms with E-state index in [2.05, 4.69) is 23.4 Å². The molecule has 0 amide bonds. The summed E-state index contributed by atoms with van der Waals surface area (Å²) in [6.45, 7) is 7.30. The first-order valence-corrected chi connectivity index (χ1v) is 4.97. The van der Waals surface area contributed by atoms with Crippen molar-refractivity contribution in [3.63, 3.8) is 0 Å². The van der Waals surface area contributed by atoms with Crippen LogP contribution in [0.25, 0.3) is 17.2 Å². The zero-order chi connectivity index (χ0) is 11.5. The molecule has 1 aromatic heterocycles. The van der Waals surface area contributed by atoms with E-state index < -0.39 is 0 Å². The minimum absolute atomic E-state index is 0.850. The van der Waals surface area contributed by atoms with E-state index in [4.69, 9.17) is 0 Å². The molecule has 0 fully saturated rings. The van der Waals surface area contributed by atoms with Crippen LogP contribution >= 0.6 is 0 Å². The Bertz CT molecular complexity index is 538. The monoisotopic (exact) mass is 211 g/mol. The molecule has 1 aromatic carbocycles. The molecule has 0 saturated carbocycles. The van der Waals surface area contributed by atoms with Crippen molar-refractivity contribution < 1.29 is 0 Å². The number of nitrogens with zero attached hydrogens (tertiary/aromatic N) is 3. The highest BCUT2D eigenvalue weighted by atomic mass is 15.2. The molecule has 2 aromatic rings. The number of aromatic nitrogens is 2. The fourth-order valence-corrected chi connectivity index (χ4v) is 1.61. The Morgan fingerprint density at radius 1 is 1.38 bits per heavy atom. The second kappa shape index (κ2) is 4.14. The van der Waals surface area contributed by atoms with Gasteiger partial charge in [-0.3, -0.25) is 9.67 Å². The van der Waals surface area contributed by atoms with Crippen molar-refractivity contribution in [3.8, 4) is 11.1 Å². The van der Waals surface area contributed by atoms with Crippen LogP contribution < -0.4 is 0 Å². The van der Waals surface area contributed by atoms with Gasteiger partial charge in [0.05, 0.1) is 11.9 Å². The lowest BCUT2D eigenvalue weighted by Crippen LogP contribution is -1.84. The van der Waals surface area contributed by atoms with E-state index in [1.807, 2.05) is 37.6 Å². The Morgan fingerprint density at radius 3 is 2.75 bits per heavy atom. The summed E-state index contributed by atoms with van der Waals surface area (Å²) >= 11 is 0. The van der Waals surface area contributed by atoms with E-state index >= 15 is 0 Å². The minimum Gasteiger partial charge on any atom is -0.275 e. The molecule has 0 spiro atoms. The van der Waals surface area contributed by atoms with Gasteiger partial charge in [-0.1, -0.05) is 18.7 Å². The average Bonchev–Trinajstić information content (AvgIpc) is 2.75. The summed E-state index contributed by atoms with van der Waals surface area (Å²) < 4.78 is 1.78. The Hall–Kier alpha value is -2.16. The molecular formula is C13H13N3. The van der Waals surface area contributed by atoms with Crippen LogP contribution in [0.4, 0.5) is 5.69 Å². The van der Waals surface area contributed by atoms with Gasteiger partial charge in [-0.05, 0) is 24.4 Å². The molecule has 0 aliphatic rings. The third-order valence-corrected chi connectivity index (χ3v) is 2.46. The third kappa shape index (κ3) is 1.80. The van der Waals surface area contributed by atoms with Crippen LogP contribution in [-0.4, -0.2) is 16.5 Å². The molecular weight excluding hydrogens is 198 g/mol. The van der Waals surface area contributed by atoms with Gasteiger partial charge in [0.2, 0.25) is 0 Å². The number of aryl methyl sites for hydroxylation is 1. The third-order valence-electron chi connectivity index (χ3n) is 2.46. The maximum absolute atomic E-state index is 4.15. The van der Waals surface area contributed by atoms with Crippen LogP contribution in [0.3, 0.4) is 0 Å². The molecule has 0 N–H and O–H groups in total. The SMILES string of the molecule is C=Cc1cc(-c2cnn(C)c2)ccc1N=C. The Kier molecular flexibility index (Phi) is 2.68. The number of aliphatic imine (C=N–C) groups is 1. The van der Waals surface area contributed by atoms with Gasteiger partial charge in [0.15, 0.2) is 0 Å². The zero-order valence-corrected chi connectivity index (χ0v) is 9.22. The highest BCUT2D eigenvalue weighted by Crippen LogP contribution is 2.27. The molecule has 0 aliphatic heterocycles. The van der Waals surface area contributed by atoms with Gasteiger partial charge >= 0.3 is 0 Å². The molecule has 0 unspecified atom stereocenters. The Balaban J connectivity index is 2.51. The van der Waals surface area contributed by atoms with Crippen LogP contribution in [-0.2, 0) is 7.05 Å². The van der Waals surface area contributed by atoms with E-state index in [9.17, 15) is 0 Å². The van der Waals surface area contributed by atoms with Crippen molar-refractivity contribution in [2.24, 2.45) is 12.0 Å². The summed E-state index contributed by atoms with van der Waals surface area (Å²) in [7, 11) is 1.90. The van der Waals surface area contributed by atoms with Crippen molar-refractivity contribution in [2.45, 2.75) is 0 Å². The molecule has 0 aliphatic carbocycles. The lowest BCUT2D eigenvalue weighted by atomic mass is 10.0. The van der Waals surface area contributed by atoms with Gasteiger partial charge in [-0.2, -0.15) is 5.10 Å². The topological polar surface area (TPSA) is 30.2 Å². The molecule has 0 atom stereocenters. The average molecular weight is 211 g/mol. The predicted octanol–water partition coefficient (Wildman–Crippen LogP) is 3.06. The first-order valence-electron chi connectivity index (χ1n) is 4.97. The van der Waals surface area contributed by atoms with E-state index in [1.54, 1.807) is 10.8 Å². The van der Waals surface area contributed by atoms with Crippen molar-refractivity contribution in [3.05, 3.63) is 42.7 Å². The van der Waals surface area contributed by atoms with Gasteiger partial charge in [-0.15, -0.1) is 0 Å². The Morgan fingerprint density at radius 2 is 2.19 bits per heavy atom. The van der Waals surface area contributed by atoms with Crippen LogP contribution in [0.15, 0.2) is 42.2 Å². The maximum atomic E-state index is 4.15. The van der Waals surface area contributed by atoms with Crippen molar-refractivity contribution in [1.82, 2.24) is 9.78 Å². The lowest BCUT2D eigenvalue weighted by molar-refractivity contribution is 0.768. The standard InChI is InChI=1S/C13H13N3/c1-4-10-7-11(5-6-13(10)14-2)12-8-15-16(3)9-12/h4-9H,1-2H2,3H3. The first kappa shape index (κ1) is 10.4. The number of hydrogen-bond acceptors (Lipinski definition) is 2. The number of hydrogen-bond donors (Lipinski definition) is 0. The summed E-state index contributed by atoms with van der Waals surface area (Å²) in [6, 6.07) is 5.98. The quantitative estimate of drug-likeness (QED) is 0.717. The lowest BCUT2D eigenvalue weighted by Gasteiger charge is -2.03. The summed E-state index contributed by atoms with van der Waals surface area (Å²) in [6.07, 6.45) is 5.59. The van der Waals surface area contributed by atoms with Gasteiger partial charge in [-0.25, -0.2) is 0 Å². The minimum atomic E-state index is 0.850. The molecule has 0 radical (unpaired) electrons. The molecule has 1 heterocycles. The smallest absolute Gasteiger partial charge is 0.0694 e. The van der Waals surface area contributed by atoms with Crippen LogP contribution in [0.2, 0.25) is 0 Å². The number of rotatable bonds is 3. The van der Waals surface area contributed by atoms with Gasteiger partial charge in [0.25, 0.3) is 0 Å². The van der Waals surface area contributed by atoms with Crippen molar-refractivity contribution in [2.75, 3.05) is 0 Å². The summed E-state index contributed by atoms with van der Waals surface area (Å²) in [5, 5.41) is 4.15. The second-order valence-electron chi connectivity index (χ2n) is 3.54. The maximum Gasteiger partial charge on any atom is 0.0694 e. The van der Waals surface area contributed by atoms with Crippen molar-refractivity contribution >= 4 is 18.5 Å². The fourth-order valence-electron chi connectivity index (χ4n) is 1.61. The van der Waals surface area contributed by atoms with E-state index in [1.165, 1.54) is 0 Å². The highest BCUT2D eigenvalue weighted by Gasteiger charge is 2.03. The molecule has 0 saturated heterocycles. The molecule has 80 valence electrons. The van der Waals surface area contributed by atoms with E-state index in [0.717, 1.165) is 22.4 Å². The molecule has 0 bridgehead atoms. The van der Waals surface area contributed by atoms with E-state index in [-0.39, 0.29) is 0 Å². The largest absolute Gasteiger partial charge is 0.275 e. The van der Waals surface area contributed by atoms with Crippen LogP contribution in [0.5, 0.6) is 0 Å². The first-order chi connectivity index (χ1) is 7.74. The number of benzene rings is 1. The zero-order valence-electron chi connectivity index (χ0n) is 9.22. The highest BCUT2D eigenvalue weighted by molar-refractivity contribution is 5.73. The van der Waals surface area contributed by atoms with Crippen LogP contribution in [0, 0.1) is 0 Å². The van der Waals surface area contributed by atoms with Crippen molar-refractivity contribution in [1.29, 1.82) is 0 Å². The van der Waals surface area contributed by atoms with Gasteiger partial charge in [0.1, 0.15) is 0 Å². The van der Waals surface area contributed by atoms with Gasteiger partial charge in [0, 0.05) is 24.4 Å². The molecule has 2 rings (SSSR count). The summed E-state index contributed by atoms with van der Waals surface area (Å²) in [5.74, 6) is 0. The van der Waals surface area contributed by atoms with Gasteiger partial charge < -0.3 is 0 Å². The summed E-state index contributed by atoms with van der Waals surface area (Å²) in [4.78, 5) is 3.94. The Labute approximate surface area is 94.8 Å².